The van der Waals surface area contributed by atoms with Crippen LogP contribution in [0.5, 0.6) is 0 Å². The fraction of sp³-hybridized carbons (Fsp3) is 0.241. The average Bonchev–Trinajstić information content (AvgIpc) is 2.92. The third-order valence-electron chi connectivity index (χ3n) is 6.41. The molecule has 0 bridgehead atoms. The molecule has 0 aliphatic carbocycles. The fourth-order valence-corrected chi connectivity index (χ4v) is 4.02. The quantitative estimate of drug-likeness (QED) is 0.382. The summed E-state index contributed by atoms with van der Waals surface area (Å²) in [5.41, 5.74) is 4.35. The molecule has 1 amide bonds. The van der Waals surface area contributed by atoms with Crippen molar-refractivity contribution >= 4 is 40.0 Å². The minimum Gasteiger partial charge on any atom is -0.391 e. The highest BCUT2D eigenvalue weighted by Crippen LogP contribution is 2.22. The van der Waals surface area contributed by atoms with Gasteiger partial charge in [-0.05, 0) is 75.5 Å². The number of allylic oxidation sites excluding steroid dienone is 1. The molecule has 10 nitrogen and oxygen atoms in total. The first-order chi connectivity index (χ1) is 18.6. The molecular formula is C29H30N8O2. The van der Waals surface area contributed by atoms with Crippen LogP contribution < -0.4 is 21.5 Å². The van der Waals surface area contributed by atoms with Crippen molar-refractivity contribution in [3.05, 3.63) is 80.9 Å². The van der Waals surface area contributed by atoms with Gasteiger partial charge >= 0.3 is 0 Å². The van der Waals surface area contributed by atoms with E-state index in [1.165, 1.54) is 6.07 Å². The SMILES string of the molecule is CN/C(C)=C1\C(=N)N=C(C)N=C1c1cc(C#Cc2ccc3c(ccc(=O)n3C)c2)nc(NC(=O)C(C)NC)c1. The van der Waals surface area contributed by atoms with Gasteiger partial charge in [0.05, 0.1) is 22.8 Å². The van der Waals surface area contributed by atoms with Crippen LogP contribution in [-0.2, 0) is 11.8 Å². The van der Waals surface area contributed by atoms with Gasteiger partial charge in [0.15, 0.2) is 5.84 Å². The van der Waals surface area contributed by atoms with E-state index in [1.807, 2.05) is 25.1 Å². The Labute approximate surface area is 226 Å². The van der Waals surface area contributed by atoms with Crippen LogP contribution in [0.15, 0.2) is 68.5 Å². The van der Waals surface area contributed by atoms with E-state index in [-0.39, 0.29) is 17.3 Å². The van der Waals surface area contributed by atoms with Crippen molar-refractivity contribution in [2.75, 3.05) is 19.4 Å². The second-order valence-electron chi connectivity index (χ2n) is 9.10. The Hall–Kier alpha value is -4.88. The molecule has 0 radical (unpaired) electrons. The first-order valence-electron chi connectivity index (χ1n) is 12.4. The van der Waals surface area contributed by atoms with Gasteiger partial charge in [0.2, 0.25) is 5.91 Å². The molecule has 4 rings (SSSR count). The summed E-state index contributed by atoms with van der Waals surface area (Å²) in [5.74, 6) is 6.85. The lowest BCUT2D eigenvalue weighted by Gasteiger charge is -2.19. The lowest BCUT2D eigenvalue weighted by molar-refractivity contribution is -0.117. The maximum Gasteiger partial charge on any atom is 0.250 e. The van der Waals surface area contributed by atoms with Crippen molar-refractivity contribution in [2.45, 2.75) is 26.8 Å². The van der Waals surface area contributed by atoms with Crippen LogP contribution in [-0.4, -0.2) is 53.0 Å². The molecule has 10 heteroatoms. The normalized spacial score (nSPS) is 15.1. The Morgan fingerprint density at radius 2 is 1.85 bits per heavy atom. The maximum absolute atomic E-state index is 12.6. The van der Waals surface area contributed by atoms with Crippen LogP contribution in [0.2, 0.25) is 0 Å². The van der Waals surface area contributed by atoms with Crippen LogP contribution in [0.3, 0.4) is 0 Å². The van der Waals surface area contributed by atoms with Gasteiger partial charge in [-0.2, -0.15) is 0 Å². The molecule has 4 N–H and O–H groups in total. The van der Waals surface area contributed by atoms with E-state index in [9.17, 15) is 9.59 Å². The average molecular weight is 523 g/mol. The van der Waals surface area contributed by atoms with Crippen molar-refractivity contribution in [2.24, 2.45) is 17.0 Å². The summed E-state index contributed by atoms with van der Waals surface area (Å²) in [6.45, 7) is 5.33. The lowest BCUT2D eigenvalue weighted by atomic mass is 9.98. The molecule has 198 valence electrons. The second-order valence-corrected chi connectivity index (χ2v) is 9.10. The van der Waals surface area contributed by atoms with Gasteiger partial charge in [0.1, 0.15) is 17.3 Å². The minimum atomic E-state index is -0.435. The molecule has 0 saturated carbocycles. The van der Waals surface area contributed by atoms with Crippen molar-refractivity contribution in [1.82, 2.24) is 20.2 Å². The number of aliphatic imine (C=N–C) groups is 2. The van der Waals surface area contributed by atoms with E-state index in [4.69, 9.17) is 5.41 Å². The predicted octanol–water partition coefficient (Wildman–Crippen LogP) is 2.57. The zero-order valence-electron chi connectivity index (χ0n) is 22.7. The molecule has 1 aliphatic heterocycles. The number of aromatic nitrogens is 2. The Morgan fingerprint density at radius 1 is 1.08 bits per heavy atom. The van der Waals surface area contributed by atoms with E-state index in [0.29, 0.717) is 34.2 Å². The van der Waals surface area contributed by atoms with Gasteiger partial charge in [-0.1, -0.05) is 5.92 Å². The van der Waals surface area contributed by atoms with E-state index in [1.54, 1.807) is 57.8 Å². The third kappa shape index (κ3) is 5.84. The van der Waals surface area contributed by atoms with Crippen LogP contribution in [0.25, 0.3) is 10.9 Å². The predicted molar refractivity (Wildman–Crippen MR) is 156 cm³/mol. The number of fused-ring (bicyclic) bond motifs is 1. The largest absolute Gasteiger partial charge is 0.391 e. The summed E-state index contributed by atoms with van der Waals surface area (Å²) in [4.78, 5) is 38.0. The number of anilines is 1. The highest BCUT2D eigenvalue weighted by Gasteiger charge is 2.23. The molecule has 3 aromatic rings. The molecule has 3 heterocycles. The van der Waals surface area contributed by atoms with Gasteiger partial charge in [0.25, 0.3) is 5.56 Å². The van der Waals surface area contributed by atoms with Gasteiger partial charge in [0, 0.05) is 37.0 Å². The molecule has 39 heavy (non-hydrogen) atoms. The number of aryl methyl sites for hydroxylation is 1. The number of rotatable bonds is 5. The van der Waals surface area contributed by atoms with E-state index in [0.717, 1.165) is 22.2 Å². The molecule has 0 spiro atoms. The molecule has 1 aliphatic rings. The lowest BCUT2D eigenvalue weighted by Crippen LogP contribution is -2.35. The summed E-state index contributed by atoms with van der Waals surface area (Å²) < 4.78 is 1.59. The summed E-state index contributed by atoms with van der Waals surface area (Å²) in [6.07, 6.45) is 0. The zero-order chi connectivity index (χ0) is 28.3. The molecule has 1 atom stereocenters. The summed E-state index contributed by atoms with van der Waals surface area (Å²) in [6, 6.07) is 12.0. The number of amidine groups is 2. The molecule has 0 saturated heterocycles. The van der Waals surface area contributed by atoms with Crippen molar-refractivity contribution in [3.8, 4) is 11.8 Å². The second kappa shape index (κ2) is 11.2. The molecule has 1 unspecified atom stereocenters. The van der Waals surface area contributed by atoms with Crippen LogP contribution >= 0.6 is 0 Å². The maximum atomic E-state index is 12.6. The number of carbonyl (C=O) groups excluding carboxylic acids is 1. The third-order valence-corrected chi connectivity index (χ3v) is 6.41. The Morgan fingerprint density at radius 3 is 2.56 bits per heavy atom. The Bertz CT molecular complexity index is 1720. The van der Waals surface area contributed by atoms with Crippen molar-refractivity contribution in [1.29, 1.82) is 5.41 Å². The van der Waals surface area contributed by atoms with Crippen LogP contribution in [0.1, 0.15) is 37.6 Å². The van der Waals surface area contributed by atoms with Crippen LogP contribution in [0, 0.1) is 17.3 Å². The van der Waals surface area contributed by atoms with Gasteiger partial charge in [-0.3, -0.25) is 15.0 Å². The van der Waals surface area contributed by atoms with E-state index in [2.05, 4.69) is 42.8 Å². The monoisotopic (exact) mass is 522 g/mol. The highest BCUT2D eigenvalue weighted by atomic mass is 16.2. The summed E-state index contributed by atoms with van der Waals surface area (Å²) >= 11 is 0. The number of hydrogen-bond donors (Lipinski definition) is 4. The van der Waals surface area contributed by atoms with E-state index < -0.39 is 6.04 Å². The summed E-state index contributed by atoms with van der Waals surface area (Å²) in [5, 5.41) is 18.2. The number of nitrogens with zero attached hydrogens (tertiary/aromatic N) is 4. The number of amides is 1. The highest BCUT2D eigenvalue weighted by molar-refractivity contribution is 6.35. The zero-order valence-corrected chi connectivity index (χ0v) is 22.7. The molecular weight excluding hydrogens is 492 g/mol. The van der Waals surface area contributed by atoms with Gasteiger partial charge < -0.3 is 20.5 Å². The number of pyridine rings is 2. The number of nitrogens with one attached hydrogen (secondary N) is 4. The number of hydrogen-bond acceptors (Lipinski definition) is 7. The first-order valence-corrected chi connectivity index (χ1v) is 12.4. The Kier molecular flexibility index (Phi) is 7.83. The first kappa shape index (κ1) is 27.2. The Balaban J connectivity index is 1.83. The van der Waals surface area contributed by atoms with Crippen molar-refractivity contribution in [3.63, 3.8) is 0 Å². The fourth-order valence-electron chi connectivity index (χ4n) is 4.02. The topological polar surface area (TPSA) is 137 Å². The number of benzene rings is 1. The standard InChI is InChI=1S/C29H30N8O2/c1-16(31-4)26-27(33-18(3)34-28(26)30)21-14-22(35-24(15-21)36-29(39)17(2)32-5)10-7-19-8-11-23-20(13-19)9-12-25(38)37(23)6/h8-9,11-15,17,30-32H,1-6H3,(H,35,36,39)/b26-16-,30-28?. The molecule has 1 aromatic carbocycles. The summed E-state index contributed by atoms with van der Waals surface area (Å²) in [7, 11) is 5.21. The van der Waals surface area contributed by atoms with Crippen LogP contribution in [0.4, 0.5) is 5.82 Å². The number of likely N-dealkylation sites (N-methyl/N-ethyl adjacent to an activating group) is 1. The van der Waals surface area contributed by atoms with Gasteiger partial charge in [-0.15, -0.1) is 0 Å². The minimum absolute atomic E-state index is 0.0783. The van der Waals surface area contributed by atoms with Crippen molar-refractivity contribution < 1.29 is 4.79 Å². The molecule has 2 aromatic heterocycles. The number of carbonyl (C=O) groups is 1. The molecule has 0 fully saturated rings. The smallest absolute Gasteiger partial charge is 0.250 e. The van der Waals surface area contributed by atoms with E-state index >= 15 is 0 Å². The van der Waals surface area contributed by atoms with Gasteiger partial charge in [-0.25, -0.2) is 15.0 Å².